The molecule has 1 aromatic rings. The van der Waals surface area contributed by atoms with Crippen LogP contribution in [0.3, 0.4) is 0 Å². The monoisotopic (exact) mass is 501 g/mol. The number of aromatic nitrogens is 1. The van der Waals surface area contributed by atoms with Crippen LogP contribution in [0.1, 0.15) is 57.9 Å². The maximum atomic E-state index is 11.4. The lowest BCUT2D eigenvalue weighted by Gasteiger charge is -2.26. The van der Waals surface area contributed by atoms with E-state index in [4.69, 9.17) is 4.52 Å². The predicted molar refractivity (Wildman–Crippen MR) is 116 cm³/mol. The fourth-order valence-electron chi connectivity index (χ4n) is 2.55. The van der Waals surface area contributed by atoms with E-state index in [2.05, 4.69) is 39.4 Å². The highest BCUT2D eigenvalue weighted by atomic mass is 127. The zero-order chi connectivity index (χ0) is 19.1. The van der Waals surface area contributed by atoms with Gasteiger partial charge in [0, 0.05) is 31.1 Å². The second kappa shape index (κ2) is 11.1. The van der Waals surface area contributed by atoms with Gasteiger partial charge in [0.1, 0.15) is 0 Å². The summed E-state index contributed by atoms with van der Waals surface area (Å²) >= 11 is 0. The van der Waals surface area contributed by atoms with E-state index in [9.17, 15) is 8.42 Å². The molecule has 0 aliphatic heterocycles. The number of sulfonamides is 1. The largest absolute Gasteiger partial charge is 0.359 e. The molecule has 0 bridgehead atoms. The van der Waals surface area contributed by atoms with Gasteiger partial charge in [-0.15, -0.1) is 24.0 Å². The van der Waals surface area contributed by atoms with Crippen molar-refractivity contribution in [3.63, 3.8) is 0 Å². The van der Waals surface area contributed by atoms with Crippen LogP contribution < -0.4 is 15.4 Å². The number of hydrogen-bond donors (Lipinski definition) is 3. The van der Waals surface area contributed by atoms with Crippen molar-refractivity contribution in [1.29, 1.82) is 0 Å². The number of rotatable bonds is 9. The van der Waals surface area contributed by atoms with E-state index in [1.54, 1.807) is 20.9 Å². The van der Waals surface area contributed by atoms with Crippen LogP contribution in [0.5, 0.6) is 0 Å². The van der Waals surface area contributed by atoms with Crippen LogP contribution in [0.2, 0.25) is 0 Å². The molecule has 3 N–H and O–H groups in total. The number of hydrogen-bond acceptors (Lipinski definition) is 5. The Morgan fingerprint density at radius 3 is 2.42 bits per heavy atom. The van der Waals surface area contributed by atoms with E-state index in [0.29, 0.717) is 25.0 Å². The minimum absolute atomic E-state index is 0. The van der Waals surface area contributed by atoms with Gasteiger partial charge in [-0.05, 0) is 26.7 Å². The molecule has 0 radical (unpaired) electrons. The first-order valence-corrected chi connectivity index (χ1v) is 10.4. The number of aliphatic imine (C=N–C) groups is 1. The van der Waals surface area contributed by atoms with Crippen LogP contribution in [-0.2, 0) is 16.6 Å². The first-order chi connectivity index (χ1) is 11.6. The van der Waals surface area contributed by atoms with E-state index in [1.165, 1.54) is 0 Å². The van der Waals surface area contributed by atoms with Gasteiger partial charge in [0.25, 0.3) is 0 Å². The third kappa shape index (κ3) is 9.17. The molecule has 0 saturated heterocycles. The summed E-state index contributed by atoms with van der Waals surface area (Å²) in [5.74, 6) is 1.71. The molecule has 0 fully saturated rings. The quantitative estimate of drug-likeness (QED) is 0.272. The molecule has 0 aliphatic rings. The summed E-state index contributed by atoms with van der Waals surface area (Å²) < 4.78 is 30.7. The summed E-state index contributed by atoms with van der Waals surface area (Å²) in [6, 6.07) is 1.97. The van der Waals surface area contributed by atoms with E-state index in [0.717, 1.165) is 30.6 Å². The highest BCUT2D eigenvalue weighted by Crippen LogP contribution is 2.22. The second-order valence-electron chi connectivity index (χ2n) is 6.77. The van der Waals surface area contributed by atoms with E-state index in [1.807, 2.05) is 6.07 Å². The highest BCUT2D eigenvalue weighted by molar-refractivity contribution is 14.0. The lowest BCUT2D eigenvalue weighted by Crippen LogP contribution is -2.52. The molecule has 0 unspecified atom stereocenters. The van der Waals surface area contributed by atoms with Crippen LogP contribution in [-0.4, -0.2) is 44.9 Å². The topological polar surface area (TPSA) is 109 Å². The minimum Gasteiger partial charge on any atom is -0.359 e. The predicted octanol–water partition coefficient (Wildman–Crippen LogP) is 2.19. The molecule has 1 aromatic heterocycles. The van der Waals surface area contributed by atoms with Crippen LogP contribution in [0, 0.1) is 0 Å². The molecule has 1 heterocycles. The van der Waals surface area contributed by atoms with Gasteiger partial charge >= 0.3 is 0 Å². The Balaban J connectivity index is 0.00000625. The number of nitrogens with one attached hydrogen (secondary N) is 3. The fourth-order valence-corrected chi connectivity index (χ4v) is 3.62. The van der Waals surface area contributed by atoms with Crippen LogP contribution in [0.15, 0.2) is 15.6 Å². The van der Waals surface area contributed by atoms with Gasteiger partial charge < -0.3 is 15.2 Å². The molecular weight excluding hydrogens is 469 g/mol. The molecule has 0 amide bonds. The van der Waals surface area contributed by atoms with E-state index < -0.39 is 15.6 Å². The molecule has 152 valence electrons. The van der Waals surface area contributed by atoms with Crippen LogP contribution in [0.25, 0.3) is 0 Å². The standard InChI is InChI=1S/C16H31N5O3S.HI/c1-7-12(8-2)14-9-13(24-20-14)10-18-15(17-5)19-11-16(3,4)21-25(6,22)23;/h9,12,21H,7-8,10-11H2,1-6H3,(H2,17,18,19);1H. The summed E-state index contributed by atoms with van der Waals surface area (Å²) in [6.07, 6.45) is 3.20. The van der Waals surface area contributed by atoms with E-state index >= 15 is 0 Å². The van der Waals surface area contributed by atoms with Crippen LogP contribution >= 0.6 is 24.0 Å². The van der Waals surface area contributed by atoms with Crippen molar-refractivity contribution < 1.29 is 12.9 Å². The highest BCUT2D eigenvalue weighted by Gasteiger charge is 2.22. The third-order valence-electron chi connectivity index (χ3n) is 3.79. The van der Waals surface area contributed by atoms with Crippen molar-refractivity contribution in [2.45, 2.75) is 58.5 Å². The Hall–Kier alpha value is -0.880. The van der Waals surface area contributed by atoms with Gasteiger partial charge in [-0.3, -0.25) is 4.99 Å². The summed E-state index contributed by atoms with van der Waals surface area (Å²) in [4.78, 5) is 4.13. The second-order valence-corrected chi connectivity index (χ2v) is 8.52. The molecule has 0 spiro atoms. The smallest absolute Gasteiger partial charge is 0.209 e. The minimum atomic E-state index is -3.28. The first-order valence-electron chi connectivity index (χ1n) is 8.49. The average Bonchev–Trinajstić information content (AvgIpc) is 2.95. The Bertz CT molecular complexity index is 669. The van der Waals surface area contributed by atoms with Gasteiger partial charge in [0.15, 0.2) is 11.7 Å². The maximum Gasteiger partial charge on any atom is 0.209 e. The normalized spacial score (nSPS) is 12.8. The summed E-state index contributed by atoms with van der Waals surface area (Å²) in [7, 11) is -1.62. The lowest BCUT2D eigenvalue weighted by molar-refractivity contribution is 0.367. The zero-order valence-corrected chi connectivity index (χ0v) is 19.6. The number of nitrogens with zero attached hydrogens (tertiary/aromatic N) is 2. The zero-order valence-electron chi connectivity index (χ0n) is 16.4. The number of guanidine groups is 1. The molecule has 0 saturated carbocycles. The molecule has 8 nitrogen and oxygen atoms in total. The van der Waals surface area contributed by atoms with Gasteiger partial charge in [0.05, 0.1) is 18.5 Å². The van der Waals surface area contributed by atoms with Crippen molar-refractivity contribution in [2.75, 3.05) is 19.8 Å². The average molecular weight is 501 g/mol. The van der Waals surface area contributed by atoms with Crippen molar-refractivity contribution in [2.24, 2.45) is 4.99 Å². The fraction of sp³-hybridized carbons (Fsp3) is 0.750. The van der Waals surface area contributed by atoms with Gasteiger partial charge in [0.2, 0.25) is 10.0 Å². The lowest BCUT2D eigenvalue weighted by atomic mass is 9.99. The summed E-state index contributed by atoms with van der Waals surface area (Å²) in [6.45, 7) is 8.71. The van der Waals surface area contributed by atoms with Crippen molar-refractivity contribution in [1.82, 2.24) is 20.5 Å². The van der Waals surface area contributed by atoms with Crippen LogP contribution in [0.4, 0.5) is 0 Å². The van der Waals surface area contributed by atoms with E-state index in [-0.39, 0.29) is 24.0 Å². The molecule has 10 heteroatoms. The third-order valence-corrected chi connectivity index (χ3v) is 4.72. The molecular formula is C16H32IN5O3S. The Labute approximate surface area is 174 Å². The number of halogens is 1. The summed E-state index contributed by atoms with van der Waals surface area (Å²) in [5.41, 5.74) is 0.336. The Morgan fingerprint density at radius 2 is 1.92 bits per heavy atom. The molecule has 0 atom stereocenters. The van der Waals surface area contributed by atoms with Crippen molar-refractivity contribution in [3.05, 3.63) is 17.5 Å². The van der Waals surface area contributed by atoms with Crippen molar-refractivity contribution in [3.8, 4) is 0 Å². The molecule has 26 heavy (non-hydrogen) atoms. The SMILES string of the molecule is CCC(CC)c1cc(CNC(=NC)NCC(C)(C)NS(C)(=O)=O)on1.I. The van der Waals surface area contributed by atoms with Gasteiger partial charge in [-0.2, -0.15) is 0 Å². The van der Waals surface area contributed by atoms with Crippen molar-refractivity contribution >= 4 is 40.0 Å². The van der Waals surface area contributed by atoms with Gasteiger partial charge in [-0.1, -0.05) is 19.0 Å². The first kappa shape index (κ1) is 25.1. The van der Waals surface area contributed by atoms with Gasteiger partial charge in [-0.25, -0.2) is 13.1 Å². The molecule has 0 aromatic carbocycles. The molecule has 0 aliphatic carbocycles. The Morgan fingerprint density at radius 1 is 1.31 bits per heavy atom. The maximum absolute atomic E-state index is 11.4. The summed E-state index contributed by atoms with van der Waals surface area (Å²) in [5, 5.41) is 10.4. The Kier molecular flexibility index (Phi) is 10.7. The molecule has 1 rings (SSSR count).